The Balaban J connectivity index is 1.49. The Labute approximate surface area is 160 Å². The topological polar surface area (TPSA) is 19.4 Å². The van der Waals surface area contributed by atoms with Crippen molar-refractivity contribution >= 4 is 0 Å². The number of nitrogens with zero attached hydrogens (tertiary/aromatic N) is 3. The molecule has 1 aromatic heterocycles. The first-order valence-electron chi connectivity index (χ1n) is 10.4. The zero-order valence-electron chi connectivity index (χ0n) is 16.1. The van der Waals surface area contributed by atoms with Crippen LogP contribution >= 0.6 is 0 Å². The molecule has 0 unspecified atom stereocenters. The van der Waals surface area contributed by atoms with E-state index in [4.69, 9.17) is 0 Å². The van der Waals surface area contributed by atoms with Crippen molar-refractivity contribution in [3.8, 4) is 0 Å². The van der Waals surface area contributed by atoms with E-state index in [9.17, 15) is 13.2 Å². The van der Waals surface area contributed by atoms with Crippen LogP contribution in [-0.4, -0.2) is 53.2 Å². The van der Waals surface area contributed by atoms with Gasteiger partial charge >= 0.3 is 6.18 Å². The molecule has 1 saturated heterocycles. The van der Waals surface area contributed by atoms with Crippen LogP contribution < -0.4 is 0 Å². The monoisotopic (exact) mass is 383 g/mol. The number of pyridine rings is 1. The molecule has 0 aromatic carbocycles. The van der Waals surface area contributed by atoms with Gasteiger partial charge < -0.3 is 4.90 Å². The van der Waals surface area contributed by atoms with Gasteiger partial charge in [-0.3, -0.25) is 9.88 Å². The largest absolute Gasteiger partial charge is 0.389 e. The highest BCUT2D eigenvalue weighted by Crippen LogP contribution is 2.28. The van der Waals surface area contributed by atoms with Gasteiger partial charge in [-0.15, -0.1) is 0 Å². The van der Waals surface area contributed by atoms with Gasteiger partial charge in [-0.2, -0.15) is 13.2 Å². The Morgan fingerprint density at radius 1 is 1.11 bits per heavy atom. The molecule has 152 valence electrons. The Morgan fingerprint density at radius 2 is 1.85 bits per heavy atom. The average molecular weight is 384 g/mol. The fraction of sp³-hybridized carbons (Fsp3) is 0.762. The summed E-state index contributed by atoms with van der Waals surface area (Å²) in [5.74, 6) is 0.588. The highest BCUT2D eigenvalue weighted by Gasteiger charge is 2.29. The van der Waals surface area contributed by atoms with E-state index in [-0.39, 0.29) is 6.42 Å². The minimum atomic E-state index is -4.06. The maximum atomic E-state index is 12.5. The smallest absolute Gasteiger partial charge is 0.300 e. The van der Waals surface area contributed by atoms with Crippen molar-refractivity contribution in [3.05, 3.63) is 30.1 Å². The number of piperidine rings is 1. The molecule has 6 heteroatoms. The van der Waals surface area contributed by atoms with E-state index in [2.05, 4.69) is 14.8 Å². The molecule has 1 aliphatic carbocycles. The Hall–Kier alpha value is -1.14. The van der Waals surface area contributed by atoms with Crippen molar-refractivity contribution in [1.29, 1.82) is 0 Å². The molecule has 2 fully saturated rings. The van der Waals surface area contributed by atoms with E-state index in [0.717, 1.165) is 31.2 Å². The molecule has 2 heterocycles. The molecule has 0 radical (unpaired) electrons. The molecule has 0 N–H and O–H groups in total. The molecular weight excluding hydrogens is 351 g/mol. The quantitative estimate of drug-likeness (QED) is 0.638. The van der Waals surface area contributed by atoms with Crippen LogP contribution in [0.5, 0.6) is 0 Å². The number of aromatic nitrogens is 1. The van der Waals surface area contributed by atoms with Gasteiger partial charge in [0.1, 0.15) is 0 Å². The minimum absolute atomic E-state index is 0.171. The maximum absolute atomic E-state index is 12.5. The van der Waals surface area contributed by atoms with Crippen LogP contribution in [0.25, 0.3) is 0 Å². The number of rotatable bonds is 8. The van der Waals surface area contributed by atoms with Gasteiger partial charge in [0, 0.05) is 37.9 Å². The molecular formula is C21H32F3N3. The Bertz CT molecular complexity index is 535. The van der Waals surface area contributed by atoms with E-state index < -0.39 is 12.6 Å². The minimum Gasteiger partial charge on any atom is -0.300 e. The fourth-order valence-electron chi connectivity index (χ4n) is 4.62. The summed E-state index contributed by atoms with van der Waals surface area (Å²) in [6, 6.07) is 4.68. The lowest BCUT2D eigenvalue weighted by Gasteiger charge is -2.38. The standard InChI is InChI=1S/C21H32F3N3/c22-21(23,24)10-4-12-26(17-19-5-3-11-25-15-19)16-18-8-13-27(14-9-18)20-6-1-2-7-20/h3,5,11,15,18,20H,1-2,4,6-10,12-14,16-17H2. The normalized spacial score (nSPS) is 20.6. The summed E-state index contributed by atoms with van der Waals surface area (Å²) >= 11 is 0. The van der Waals surface area contributed by atoms with Crippen LogP contribution in [0.2, 0.25) is 0 Å². The van der Waals surface area contributed by atoms with E-state index >= 15 is 0 Å². The van der Waals surface area contributed by atoms with Gasteiger partial charge in [-0.1, -0.05) is 18.9 Å². The average Bonchev–Trinajstić information content (AvgIpc) is 3.17. The number of hydrogen-bond donors (Lipinski definition) is 0. The second kappa shape index (κ2) is 9.87. The third-order valence-corrected chi connectivity index (χ3v) is 6.07. The van der Waals surface area contributed by atoms with Crippen molar-refractivity contribution in [1.82, 2.24) is 14.8 Å². The van der Waals surface area contributed by atoms with Crippen molar-refractivity contribution < 1.29 is 13.2 Å². The second-order valence-electron chi connectivity index (χ2n) is 8.23. The second-order valence-corrected chi connectivity index (χ2v) is 8.23. The number of likely N-dealkylation sites (tertiary alicyclic amines) is 1. The number of hydrogen-bond acceptors (Lipinski definition) is 3. The van der Waals surface area contributed by atoms with E-state index in [1.54, 1.807) is 6.20 Å². The third-order valence-electron chi connectivity index (χ3n) is 6.07. The summed E-state index contributed by atoms with van der Waals surface area (Å²) in [6.07, 6.45) is 6.71. The molecule has 1 aliphatic heterocycles. The first kappa shape index (κ1) is 20.6. The van der Waals surface area contributed by atoms with Crippen LogP contribution in [0.4, 0.5) is 13.2 Å². The summed E-state index contributed by atoms with van der Waals surface area (Å²) < 4.78 is 37.6. The molecule has 3 nitrogen and oxygen atoms in total. The summed E-state index contributed by atoms with van der Waals surface area (Å²) in [6.45, 7) is 4.38. The zero-order chi connectivity index (χ0) is 19.1. The van der Waals surface area contributed by atoms with Crippen LogP contribution in [0, 0.1) is 5.92 Å². The molecule has 0 spiro atoms. The molecule has 27 heavy (non-hydrogen) atoms. The van der Waals surface area contributed by atoms with Gasteiger partial charge in [-0.25, -0.2) is 0 Å². The van der Waals surface area contributed by atoms with Crippen molar-refractivity contribution in [3.63, 3.8) is 0 Å². The van der Waals surface area contributed by atoms with Crippen LogP contribution in [0.3, 0.4) is 0 Å². The first-order chi connectivity index (χ1) is 13.0. The van der Waals surface area contributed by atoms with Crippen molar-refractivity contribution in [2.75, 3.05) is 26.2 Å². The lowest BCUT2D eigenvalue weighted by Crippen LogP contribution is -2.42. The summed E-state index contributed by atoms with van der Waals surface area (Å²) in [4.78, 5) is 9.00. The summed E-state index contributed by atoms with van der Waals surface area (Å²) in [5.41, 5.74) is 1.08. The van der Waals surface area contributed by atoms with Crippen LogP contribution in [0.1, 0.15) is 56.9 Å². The maximum Gasteiger partial charge on any atom is 0.389 e. The Morgan fingerprint density at radius 3 is 2.48 bits per heavy atom. The van der Waals surface area contributed by atoms with Crippen molar-refractivity contribution in [2.45, 2.75) is 70.1 Å². The summed E-state index contributed by atoms with van der Waals surface area (Å²) in [7, 11) is 0. The van der Waals surface area contributed by atoms with Gasteiger partial charge in [0.2, 0.25) is 0 Å². The number of halogens is 3. The molecule has 2 aliphatic rings. The highest BCUT2D eigenvalue weighted by molar-refractivity contribution is 5.08. The highest BCUT2D eigenvalue weighted by atomic mass is 19.4. The first-order valence-corrected chi connectivity index (χ1v) is 10.4. The molecule has 0 amide bonds. The third kappa shape index (κ3) is 7.07. The van der Waals surface area contributed by atoms with Crippen LogP contribution in [0.15, 0.2) is 24.5 Å². The van der Waals surface area contributed by atoms with E-state index in [1.807, 2.05) is 18.3 Å². The van der Waals surface area contributed by atoms with Crippen LogP contribution in [-0.2, 0) is 6.54 Å². The van der Waals surface area contributed by atoms with Gasteiger partial charge in [-0.05, 0) is 69.3 Å². The predicted molar refractivity (Wildman–Crippen MR) is 101 cm³/mol. The van der Waals surface area contributed by atoms with E-state index in [1.165, 1.54) is 38.5 Å². The lowest BCUT2D eigenvalue weighted by atomic mass is 9.94. The molecule has 1 aromatic rings. The van der Waals surface area contributed by atoms with Gasteiger partial charge in [0.15, 0.2) is 0 Å². The van der Waals surface area contributed by atoms with Gasteiger partial charge in [0.05, 0.1) is 0 Å². The summed E-state index contributed by atoms with van der Waals surface area (Å²) in [5, 5.41) is 0. The molecule has 0 bridgehead atoms. The number of alkyl halides is 3. The Kier molecular flexibility index (Phi) is 7.53. The van der Waals surface area contributed by atoms with Gasteiger partial charge in [0.25, 0.3) is 0 Å². The van der Waals surface area contributed by atoms with E-state index in [0.29, 0.717) is 19.0 Å². The predicted octanol–water partition coefficient (Wildman–Crippen LogP) is 4.88. The zero-order valence-corrected chi connectivity index (χ0v) is 16.1. The fourth-order valence-corrected chi connectivity index (χ4v) is 4.62. The van der Waals surface area contributed by atoms with Crippen molar-refractivity contribution in [2.24, 2.45) is 5.92 Å². The molecule has 3 rings (SSSR count). The SMILES string of the molecule is FC(F)(F)CCCN(Cc1cccnc1)CC1CCN(C2CCCC2)CC1. The lowest BCUT2D eigenvalue weighted by molar-refractivity contribution is -0.136. The molecule has 1 saturated carbocycles. The molecule has 0 atom stereocenters.